The van der Waals surface area contributed by atoms with Gasteiger partial charge < -0.3 is 10.3 Å². The van der Waals surface area contributed by atoms with E-state index in [4.69, 9.17) is 35.4 Å². The summed E-state index contributed by atoms with van der Waals surface area (Å²) in [4.78, 5) is 15.0. The molecule has 98 valence electrons. The van der Waals surface area contributed by atoms with Crippen LogP contribution in [0.2, 0.25) is 10.0 Å². The smallest absolute Gasteiger partial charge is 0.258 e. The summed E-state index contributed by atoms with van der Waals surface area (Å²) < 4.78 is 0.391. The summed E-state index contributed by atoms with van der Waals surface area (Å²) >= 11 is 16.9. The maximum atomic E-state index is 12.1. The van der Waals surface area contributed by atoms with Crippen molar-refractivity contribution in [3.8, 4) is 0 Å². The van der Waals surface area contributed by atoms with E-state index in [9.17, 15) is 4.79 Å². The number of rotatable bonds is 2. The maximum Gasteiger partial charge on any atom is 0.258 e. The summed E-state index contributed by atoms with van der Waals surface area (Å²) in [5.74, 6) is -0.314. The number of aromatic amines is 1. The molecule has 2 aromatic rings. The fraction of sp³-hybridized carbons (Fsp3) is 0.0769. The van der Waals surface area contributed by atoms with E-state index in [0.29, 0.717) is 25.9 Å². The van der Waals surface area contributed by atoms with E-state index >= 15 is 0 Å². The van der Waals surface area contributed by atoms with E-state index < -0.39 is 0 Å². The number of nitrogens with one attached hydrogen (secondary N) is 2. The largest absolute Gasteiger partial charge is 0.350 e. The number of aryl methyl sites for hydroxylation is 1. The van der Waals surface area contributed by atoms with Crippen LogP contribution >= 0.6 is 35.4 Å². The minimum Gasteiger partial charge on any atom is -0.350 e. The van der Waals surface area contributed by atoms with Gasteiger partial charge in [0.1, 0.15) is 4.64 Å². The van der Waals surface area contributed by atoms with Crippen LogP contribution in [0.1, 0.15) is 16.1 Å². The Hall–Kier alpha value is -1.36. The van der Waals surface area contributed by atoms with Crippen LogP contribution in [0.25, 0.3) is 0 Å². The Labute approximate surface area is 125 Å². The molecule has 0 saturated heterocycles. The van der Waals surface area contributed by atoms with Crippen LogP contribution in [0.5, 0.6) is 0 Å². The summed E-state index contributed by atoms with van der Waals surface area (Å²) in [5.41, 5.74) is 1.78. The molecule has 1 heterocycles. The zero-order valence-electron chi connectivity index (χ0n) is 9.96. The lowest BCUT2D eigenvalue weighted by atomic mass is 10.2. The van der Waals surface area contributed by atoms with Crippen molar-refractivity contribution in [2.75, 3.05) is 5.32 Å². The Balaban J connectivity index is 2.28. The highest BCUT2D eigenvalue weighted by Crippen LogP contribution is 2.25. The van der Waals surface area contributed by atoms with E-state index in [2.05, 4.69) is 10.3 Å². The Morgan fingerprint density at radius 2 is 2.00 bits per heavy atom. The summed E-state index contributed by atoms with van der Waals surface area (Å²) in [6.07, 6.45) is 0. The lowest BCUT2D eigenvalue weighted by molar-refractivity contribution is 0.102. The SMILES string of the molecule is Cc1ccc(C(=O)Nc2ccc(Cl)cc2Cl)c(=S)[nH]1. The molecule has 6 heteroatoms. The third kappa shape index (κ3) is 3.35. The molecule has 0 radical (unpaired) electrons. The van der Waals surface area contributed by atoms with Crippen molar-refractivity contribution in [1.29, 1.82) is 0 Å². The number of hydrogen-bond donors (Lipinski definition) is 2. The van der Waals surface area contributed by atoms with E-state index in [1.807, 2.05) is 6.92 Å². The Kier molecular flexibility index (Phi) is 4.24. The minimum absolute atomic E-state index is 0.314. The van der Waals surface area contributed by atoms with Gasteiger partial charge in [0, 0.05) is 10.7 Å². The zero-order chi connectivity index (χ0) is 14.0. The molecule has 2 N–H and O–H groups in total. The number of anilines is 1. The van der Waals surface area contributed by atoms with Gasteiger partial charge in [0.25, 0.3) is 5.91 Å². The van der Waals surface area contributed by atoms with Crippen LogP contribution < -0.4 is 5.32 Å². The van der Waals surface area contributed by atoms with Crippen molar-refractivity contribution < 1.29 is 4.79 Å². The Morgan fingerprint density at radius 1 is 1.26 bits per heavy atom. The van der Waals surface area contributed by atoms with Crippen LogP contribution in [0, 0.1) is 11.6 Å². The molecule has 0 aliphatic carbocycles. The molecule has 0 saturated carbocycles. The van der Waals surface area contributed by atoms with Gasteiger partial charge in [0.05, 0.1) is 16.3 Å². The second kappa shape index (κ2) is 5.74. The van der Waals surface area contributed by atoms with Gasteiger partial charge in [-0.15, -0.1) is 0 Å². The van der Waals surface area contributed by atoms with Crippen molar-refractivity contribution in [3.05, 3.63) is 56.3 Å². The number of aromatic nitrogens is 1. The quantitative estimate of drug-likeness (QED) is 0.795. The van der Waals surface area contributed by atoms with Crippen molar-refractivity contribution >= 4 is 47.0 Å². The van der Waals surface area contributed by atoms with Crippen molar-refractivity contribution in [3.63, 3.8) is 0 Å². The Bertz CT molecular complexity index is 697. The van der Waals surface area contributed by atoms with E-state index in [0.717, 1.165) is 5.69 Å². The normalized spacial score (nSPS) is 10.3. The van der Waals surface area contributed by atoms with Crippen LogP contribution in [0.15, 0.2) is 30.3 Å². The van der Waals surface area contributed by atoms with Gasteiger partial charge in [-0.05, 0) is 37.3 Å². The molecule has 0 aliphatic rings. The van der Waals surface area contributed by atoms with Gasteiger partial charge in [0.2, 0.25) is 0 Å². The molecule has 0 unspecified atom stereocenters. The van der Waals surface area contributed by atoms with Crippen LogP contribution in [-0.2, 0) is 0 Å². The highest BCUT2D eigenvalue weighted by molar-refractivity contribution is 7.71. The third-order valence-electron chi connectivity index (χ3n) is 2.48. The molecule has 0 aliphatic heterocycles. The molecule has 1 amide bonds. The molecule has 1 aromatic heterocycles. The molecular formula is C13H10Cl2N2OS. The summed E-state index contributed by atoms with van der Waals surface area (Å²) in [7, 11) is 0. The molecule has 2 rings (SSSR count). The zero-order valence-corrected chi connectivity index (χ0v) is 12.3. The standard InChI is InChI=1S/C13H10Cl2N2OS/c1-7-2-4-9(13(19)16-7)12(18)17-11-5-3-8(14)6-10(11)15/h2-6H,1H3,(H,16,19)(H,17,18). The molecule has 0 atom stereocenters. The number of carbonyl (C=O) groups is 1. The number of amides is 1. The van der Waals surface area contributed by atoms with Crippen LogP contribution in [0.3, 0.4) is 0 Å². The molecule has 19 heavy (non-hydrogen) atoms. The lowest BCUT2D eigenvalue weighted by Gasteiger charge is -2.08. The molecule has 3 nitrogen and oxygen atoms in total. The van der Waals surface area contributed by atoms with Gasteiger partial charge in [-0.25, -0.2) is 0 Å². The van der Waals surface area contributed by atoms with Gasteiger partial charge >= 0.3 is 0 Å². The average Bonchev–Trinajstić information content (AvgIpc) is 2.32. The summed E-state index contributed by atoms with van der Waals surface area (Å²) in [6, 6.07) is 8.32. The fourth-order valence-electron chi connectivity index (χ4n) is 1.53. The highest BCUT2D eigenvalue weighted by Gasteiger charge is 2.10. The number of pyridine rings is 1. The predicted molar refractivity (Wildman–Crippen MR) is 80.8 cm³/mol. The number of benzene rings is 1. The van der Waals surface area contributed by atoms with E-state index in [-0.39, 0.29) is 5.91 Å². The first-order valence-corrected chi connectivity index (χ1v) is 6.60. The Morgan fingerprint density at radius 3 is 2.63 bits per heavy atom. The summed E-state index contributed by atoms with van der Waals surface area (Å²) in [6.45, 7) is 1.87. The second-order valence-electron chi connectivity index (χ2n) is 3.96. The van der Waals surface area contributed by atoms with Crippen LogP contribution in [0.4, 0.5) is 5.69 Å². The number of H-pyrrole nitrogens is 1. The topological polar surface area (TPSA) is 44.9 Å². The van der Waals surface area contributed by atoms with Gasteiger partial charge in [0.15, 0.2) is 0 Å². The number of carbonyl (C=O) groups excluding carboxylic acids is 1. The first-order chi connectivity index (χ1) is 8.97. The predicted octanol–water partition coefficient (Wildman–Crippen LogP) is 4.61. The molecule has 0 fully saturated rings. The molecule has 0 bridgehead atoms. The van der Waals surface area contributed by atoms with Gasteiger partial charge in [-0.1, -0.05) is 35.4 Å². The first kappa shape index (κ1) is 14.1. The molecule has 1 aromatic carbocycles. The van der Waals surface area contributed by atoms with E-state index in [1.54, 1.807) is 30.3 Å². The summed E-state index contributed by atoms with van der Waals surface area (Å²) in [5, 5.41) is 3.59. The van der Waals surface area contributed by atoms with E-state index in [1.165, 1.54) is 0 Å². The average molecular weight is 313 g/mol. The van der Waals surface area contributed by atoms with Gasteiger partial charge in [-0.3, -0.25) is 4.79 Å². The third-order valence-corrected chi connectivity index (χ3v) is 3.35. The maximum absolute atomic E-state index is 12.1. The monoisotopic (exact) mass is 312 g/mol. The molecule has 0 spiro atoms. The highest BCUT2D eigenvalue weighted by atomic mass is 35.5. The van der Waals surface area contributed by atoms with Gasteiger partial charge in [-0.2, -0.15) is 0 Å². The lowest BCUT2D eigenvalue weighted by Crippen LogP contribution is -2.13. The van der Waals surface area contributed by atoms with Crippen molar-refractivity contribution in [1.82, 2.24) is 4.98 Å². The second-order valence-corrected chi connectivity index (χ2v) is 5.21. The fourth-order valence-corrected chi connectivity index (χ4v) is 2.31. The van der Waals surface area contributed by atoms with Crippen LogP contribution in [-0.4, -0.2) is 10.9 Å². The van der Waals surface area contributed by atoms with Crippen molar-refractivity contribution in [2.24, 2.45) is 0 Å². The minimum atomic E-state index is -0.314. The molecular weight excluding hydrogens is 303 g/mol. The first-order valence-electron chi connectivity index (χ1n) is 5.43. The van der Waals surface area contributed by atoms with Crippen molar-refractivity contribution in [2.45, 2.75) is 6.92 Å². The number of halogens is 2. The number of hydrogen-bond acceptors (Lipinski definition) is 2.